The number of carbonyl (C=O) groups excluding carboxylic acids is 1. The van der Waals surface area contributed by atoms with E-state index in [2.05, 4.69) is 37.9 Å². The number of benzene rings is 1. The molecule has 1 saturated carbocycles. The van der Waals surface area contributed by atoms with Crippen molar-refractivity contribution in [3.05, 3.63) is 33.3 Å². The van der Waals surface area contributed by atoms with Gasteiger partial charge in [-0.25, -0.2) is 0 Å². The number of hydrogen-bond acceptors (Lipinski definition) is 3. The van der Waals surface area contributed by atoms with Crippen molar-refractivity contribution in [3.8, 4) is 0 Å². The predicted octanol–water partition coefficient (Wildman–Crippen LogP) is 6.62. The van der Waals surface area contributed by atoms with Gasteiger partial charge < -0.3 is 9.80 Å². The standard InChI is InChI=1S/C23H32BrClN2OS/c24-22-7-6-19(25)15-18(22)14-17-8-11-26(12-9-17)13-10-21-16-27(23(28)29-21)20-4-2-1-3-5-20/h6-7,15,17,20-21H,1-5,8-14,16H2. The Kier molecular flexibility index (Phi) is 7.87. The van der Waals surface area contributed by atoms with Crippen molar-refractivity contribution in [1.82, 2.24) is 9.80 Å². The van der Waals surface area contributed by atoms with Crippen LogP contribution in [0.25, 0.3) is 0 Å². The van der Waals surface area contributed by atoms with Crippen molar-refractivity contribution in [2.75, 3.05) is 26.2 Å². The maximum atomic E-state index is 12.5. The molecule has 0 bridgehead atoms. The van der Waals surface area contributed by atoms with Crippen LogP contribution in [-0.2, 0) is 6.42 Å². The second-order valence-electron chi connectivity index (χ2n) is 8.96. The summed E-state index contributed by atoms with van der Waals surface area (Å²) in [7, 11) is 0. The molecule has 1 atom stereocenters. The molecule has 0 aromatic heterocycles. The highest BCUT2D eigenvalue weighted by atomic mass is 79.9. The molecule has 6 heteroatoms. The van der Waals surface area contributed by atoms with Crippen molar-refractivity contribution >= 4 is 44.5 Å². The van der Waals surface area contributed by atoms with Gasteiger partial charge in [0.1, 0.15) is 0 Å². The molecule has 0 spiro atoms. The van der Waals surface area contributed by atoms with Crippen LogP contribution in [-0.4, -0.2) is 52.5 Å². The van der Waals surface area contributed by atoms with E-state index in [1.54, 1.807) is 11.8 Å². The summed E-state index contributed by atoms with van der Waals surface area (Å²) in [5, 5.41) is 1.66. The van der Waals surface area contributed by atoms with Gasteiger partial charge in [-0.1, -0.05) is 58.6 Å². The first-order valence-corrected chi connectivity index (χ1v) is 13.3. The fraction of sp³-hybridized carbons (Fsp3) is 0.696. The molecule has 2 aliphatic heterocycles. The highest BCUT2D eigenvalue weighted by Gasteiger charge is 2.35. The lowest BCUT2D eigenvalue weighted by Gasteiger charge is -2.33. The Bertz CT molecular complexity index is 704. The zero-order valence-electron chi connectivity index (χ0n) is 17.1. The summed E-state index contributed by atoms with van der Waals surface area (Å²) in [6.07, 6.45) is 11.1. The van der Waals surface area contributed by atoms with Crippen LogP contribution in [0.1, 0.15) is 56.9 Å². The third kappa shape index (κ3) is 5.93. The van der Waals surface area contributed by atoms with Gasteiger partial charge in [0, 0.05) is 27.3 Å². The minimum atomic E-state index is 0.340. The van der Waals surface area contributed by atoms with Crippen LogP contribution < -0.4 is 0 Å². The zero-order chi connectivity index (χ0) is 20.2. The number of rotatable bonds is 6. The monoisotopic (exact) mass is 498 g/mol. The average Bonchev–Trinajstić information content (AvgIpc) is 3.11. The van der Waals surface area contributed by atoms with Gasteiger partial charge in [-0.2, -0.15) is 0 Å². The summed E-state index contributed by atoms with van der Waals surface area (Å²) in [4.78, 5) is 17.3. The number of thioether (sulfide) groups is 1. The first kappa shape index (κ1) is 22.0. The van der Waals surface area contributed by atoms with E-state index in [1.807, 2.05) is 6.07 Å². The number of amides is 1. The molecule has 3 nitrogen and oxygen atoms in total. The van der Waals surface area contributed by atoms with Crippen molar-refractivity contribution in [3.63, 3.8) is 0 Å². The molecule has 2 heterocycles. The van der Waals surface area contributed by atoms with Crippen LogP contribution in [0.2, 0.25) is 5.02 Å². The van der Waals surface area contributed by atoms with E-state index < -0.39 is 0 Å². The quantitative estimate of drug-likeness (QED) is 0.439. The van der Waals surface area contributed by atoms with Gasteiger partial charge in [0.2, 0.25) is 0 Å². The molecule has 4 rings (SSSR count). The van der Waals surface area contributed by atoms with Gasteiger partial charge in [-0.05, 0) is 87.8 Å². The molecule has 3 aliphatic rings. The molecule has 29 heavy (non-hydrogen) atoms. The number of carbonyl (C=O) groups is 1. The minimum absolute atomic E-state index is 0.340. The highest BCUT2D eigenvalue weighted by molar-refractivity contribution is 9.10. The summed E-state index contributed by atoms with van der Waals surface area (Å²) in [6.45, 7) is 4.48. The second kappa shape index (κ2) is 10.4. The fourth-order valence-corrected chi connectivity index (χ4v) is 6.84. The third-order valence-electron chi connectivity index (χ3n) is 6.91. The maximum absolute atomic E-state index is 12.5. The van der Waals surface area contributed by atoms with E-state index in [0.29, 0.717) is 16.5 Å². The molecular formula is C23H32BrClN2OS. The Morgan fingerprint density at radius 3 is 2.62 bits per heavy atom. The van der Waals surface area contributed by atoms with Crippen molar-refractivity contribution in [2.45, 2.75) is 69.1 Å². The van der Waals surface area contributed by atoms with Gasteiger partial charge in [0.05, 0.1) is 0 Å². The molecule has 0 N–H and O–H groups in total. The lowest BCUT2D eigenvalue weighted by atomic mass is 9.90. The second-order valence-corrected chi connectivity index (χ2v) is 11.5. The molecule has 1 aliphatic carbocycles. The van der Waals surface area contributed by atoms with Gasteiger partial charge in [0.25, 0.3) is 5.24 Å². The van der Waals surface area contributed by atoms with Crippen LogP contribution in [0.4, 0.5) is 4.79 Å². The number of nitrogens with zero attached hydrogens (tertiary/aromatic N) is 2. The first-order chi connectivity index (χ1) is 14.1. The molecule has 1 unspecified atom stereocenters. The van der Waals surface area contributed by atoms with E-state index in [1.165, 1.54) is 68.1 Å². The molecule has 1 aromatic carbocycles. The van der Waals surface area contributed by atoms with Crippen molar-refractivity contribution in [1.29, 1.82) is 0 Å². The van der Waals surface area contributed by atoms with Crippen molar-refractivity contribution < 1.29 is 4.79 Å². The summed E-state index contributed by atoms with van der Waals surface area (Å²) in [6, 6.07) is 6.63. The van der Waals surface area contributed by atoms with Crippen LogP contribution in [0.3, 0.4) is 0 Å². The Labute approximate surface area is 193 Å². The number of hydrogen-bond donors (Lipinski definition) is 0. The van der Waals surface area contributed by atoms with E-state index in [-0.39, 0.29) is 0 Å². The van der Waals surface area contributed by atoms with Crippen LogP contribution >= 0.6 is 39.3 Å². The summed E-state index contributed by atoms with van der Waals surface area (Å²) in [5.41, 5.74) is 1.33. The Balaban J connectivity index is 1.18. The molecule has 0 radical (unpaired) electrons. The molecule has 3 fully saturated rings. The van der Waals surface area contributed by atoms with Crippen LogP contribution in [0, 0.1) is 5.92 Å². The summed E-state index contributed by atoms with van der Waals surface area (Å²) < 4.78 is 1.18. The Morgan fingerprint density at radius 2 is 1.86 bits per heavy atom. The molecular weight excluding hydrogens is 468 g/mol. The topological polar surface area (TPSA) is 23.6 Å². The predicted molar refractivity (Wildman–Crippen MR) is 127 cm³/mol. The lowest BCUT2D eigenvalue weighted by Crippen LogP contribution is -2.38. The maximum Gasteiger partial charge on any atom is 0.282 e. The normalized spacial score (nSPS) is 25.1. The summed E-state index contributed by atoms with van der Waals surface area (Å²) >= 11 is 11.4. The molecule has 2 saturated heterocycles. The highest BCUT2D eigenvalue weighted by Crippen LogP contribution is 2.34. The SMILES string of the molecule is O=C1SC(CCN2CCC(Cc3cc(Cl)ccc3Br)CC2)CN1C1CCCCC1. The molecule has 160 valence electrons. The molecule has 1 aromatic rings. The summed E-state index contributed by atoms with van der Waals surface area (Å²) in [5.74, 6) is 0.741. The van der Waals surface area contributed by atoms with Crippen molar-refractivity contribution in [2.24, 2.45) is 5.92 Å². The number of piperidine rings is 1. The van der Waals surface area contributed by atoms with E-state index in [0.717, 1.165) is 36.9 Å². The molecule has 1 amide bonds. The average molecular weight is 500 g/mol. The first-order valence-electron chi connectivity index (χ1n) is 11.2. The Morgan fingerprint density at radius 1 is 1.10 bits per heavy atom. The third-order valence-corrected chi connectivity index (χ3v) is 9.07. The van der Waals surface area contributed by atoms with E-state index in [4.69, 9.17) is 11.6 Å². The van der Waals surface area contributed by atoms with E-state index >= 15 is 0 Å². The number of likely N-dealkylation sites (tertiary alicyclic amines) is 1. The largest absolute Gasteiger partial charge is 0.329 e. The van der Waals surface area contributed by atoms with Gasteiger partial charge >= 0.3 is 0 Å². The Hall–Kier alpha value is -0.230. The van der Waals surface area contributed by atoms with Crippen LogP contribution in [0.5, 0.6) is 0 Å². The van der Waals surface area contributed by atoms with Crippen LogP contribution in [0.15, 0.2) is 22.7 Å². The zero-order valence-corrected chi connectivity index (χ0v) is 20.3. The van der Waals surface area contributed by atoms with E-state index in [9.17, 15) is 4.79 Å². The van der Waals surface area contributed by atoms with Gasteiger partial charge in [-0.15, -0.1) is 0 Å². The van der Waals surface area contributed by atoms with Gasteiger partial charge in [0.15, 0.2) is 0 Å². The van der Waals surface area contributed by atoms with Gasteiger partial charge in [-0.3, -0.25) is 4.79 Å². The number of halogens is 2. The smallest absolute Gasteiger partial charge is 0.282 e. The fourth-order valence-electron chi connectivity index (χ4n) is 5.13. The minimum Gasteiger partial charge on any atom is -0.329 e. The lowest BCUT2D eigenvalue weighted by molar-refractivity contribution is 0.171.